The Morgan fingerprint density at radius 1 is 1.35 bits per heavy atom. The van der Waals surface area contributed by atoms with E-state index in [2.05, 4.69) is 27.5 Å². The van der Waals surface area contributed by atoms with Crippen molar-refractivity contribution in [1.82, 2.24) is 15.3 Å². The normalized spacial score (nSPS) is 12.2. The molecule has 0 radical (unpaired) electrons. The van der Waals surface area contributed by atoms with Crippen molar-refractivity contribution < 1.29 is 4.74 Å². The molecular weight excluding hydrogens is 216 g/mol. The monoisotopic (exact) mass is 238 g/mol. The third-order valence-corrected chi connectivity index (χ3v) is 2.49. The zero-order chi connectivity index (χ0) is 12.7. The molecular formula is C12H22N4O. The van der Waals surface area contributed by atoms with Crippen molar-refractivity contribution in [3.8, 4) is 5.88 Å². The summed E-state index contributed by atoms with van der Waals surface area (Å²) >= 11 is 0. The summed E-state index contributed by atoms with van der Waals surface area (Å²) in [5.41, 5.74) is 0.964. The summed E-state index contributed by atoms with van der Waals surface area (Å²) in [5.74, 6) is 2.06. The number of hydrogen-bond donors (Lipinski definition) is 2. The molecule has 0 fully saturated rings. The van der Waals surface area contributed by atoms with Crippen molar-refractivity contribution in [1.29, 1.82) is 0 Å². The average molecular weight is 238 g/mol. The summed E-state index contributed by atoms with van der Waals surface area (Å²) in [5, 5.41) is 6.48. The molecule has 5 heteroatoms. The second-order valence-electron chi connectivity index (χ2n) is 4.13. The van der Waals surface area contributed by atoms with Crippen LogP contribution < -0.4 is 15.4 Å². The van der Waals surface area contributed by atoms with Gasteiger partial charge in [-0.25, -0.2) is 9.97 Å². The lowest BCUT2D eigenvalue weighted by Gasteiger charge is -2.14. The van der Waals surface area contributed by atoms with Gasteiger partial charge in [0.1, 0.15) is 12.1 Å². The van der Waals surface area contributed by atoms with E-state index in [0.717, 1.165) is 24.5 Å². The van der Waals surface area contributed by atoms with Crippen molar-refractivity contribution in [2.75, 3.05) is 32.1 Å². The van der Waals surface area contributed by atoms with E-state index in [4.69, 9.17) is 4.74 Å². The molecule has 1 atom stereocenters. The van der Waals surface area contributed by atoms with E-state index in [1.165, 1.54) is 6.33 Å². The van der Waals surface area contributed by atoms with E-state index < -0.39 is 0 Å². The number of aromatic nitrogens is 2. The van der Waals surface area contributed by atoms with Gasteiger partial charge in [0.25, 0.3) is 0 Å². The SMILES string of the molecule is CCOc1ncnc(NCC(C)CNC)c1C. The van der Waals surface area contributed by atoms with Crippen LogP contribution in [0.4, 0.5) is 5.82 Å². The standard InChI is InChI=1S/C12H22N4O/c1-5-17-12-10(3)11(15-8-16-12)14-7-9(2)6-13-4/h8-9,13H,5-7H2,1-4H3,(H,14,15,16). The highest BCUT2D eigenvalue weighted by Gasteiger charge is 2.08. The maximum absolute atomic E-state index is 5.43. The summed E-state index contributed by atoms with van der Waals surface area (Å²) in [6, 6.07) is 0. The van der Waals surface area contributed by atoms with Crippen LogP contribution in [0.3, 0.4) is 0 Å². The van der Waals surface area contributed by atoms with Crippen LogP contribution in [0.15, 0.2) is 6.33 Å². The molecule has 96 valence electrons. The predicted octanol–water partition coefficient (Wildman–Crippen LogP) is 1.45. The molecule has 0 aliphatic heterocycles. The van der Waals surface area contributed by atoms with Gasteiger partial charge in [0.15, 0.2) is 0 Å². The summed E-state index contributed by atoms with van der Waals surface area (Å²) in [7, 11) is 1.96. The van der Waals surface area contributed by atoms with Crippen LogP contribution in [-0.2, 0) is 0 Å². The second-order valence-corrected chi connectivity index (χ2v) is 4.13. The number of hydrogen-bond acceptors (Lipinski definition) is 5. The highest BCUT2D eigenvalue weighted by atomic mass is 16.5. The van der Waals surface area contributed by atoms with Crippen molar-refractivity contribution in [2.24, 2.45) is 5.92 Å². The first-order valence-corrected chi connectivity index (χ1v) is 6.01. The van der Waals surface area contributed by atoms with Gasteiger partial charge in [-0.15, -0.1) is 0 Å². The highest BCUT2D eigenvalue weighted by Crippen LogP contribution is 2.20. The number of nitrogens with one attached hydrogen (secondary N) is 2. The molecule has 0 aromatic carbocycles. The van der Waals surface area contributed by atoms with Crippen LogP contribution in [0.25, 0.3) is 0 Å². The van der Waals surface area contributed by atoms with Gasteiger partial charge in [-0.3, -0.25) is 0 Å². The van der Waals surface area contributed by atoms with Crippen LogP contribution in [0.2, 0.25) is 0 Å². The zero-order valence-corrected chi connectivity index (χ0v) is 11.1. The first-order chi connectivity index (χ1) is 8.19. The Labute approximate surface area is 103 Å². The molecule has 1 aromatic rings. The molecule has 1 aromatic heterocycles. The first-order valence-electron chi connectivity index (χ1n) is 6.01. The molecule has 0 spiro atoms. The van der Waals surface area contributed by atoms with Gasteiger partial charge >= 0.3 is 0 Å². The summed E-state index contributed by atoms with van der Waals surface area (Å²) in [6.07, 6.45) is 1.53. The Bertz CT molecular complexity index is 343. The fourth-order valence-electron chi connectivity index (χ4n) is 1.59. The summed E-state index contributed by atoms with van der Waals surface area (Å²) in [6.45, 7) is 8.58. The minimum Gasteiger partial charge on any atom is -0.478 e. The second kappa shape index (κ2) is 7.06. The lowest BCUT2D eigenvalue weighted by Crippen LogP contribution is -2.23. The Morgan fingerprint density at radius 3 is 2.76 bits per heavy atom. The molecule has 1 heterocycles. The quantitative estimate of drug-likeness (QED) is 0.753. The molecule has 5 nitrogen and oxygen atoms in total. The minimum atomic E-state index is 0.546. The number of nitrogens with zero attached hydrogens (tertiary/aromatic N) is 2. The van der Waals surface area contributed by atoms with Crippen LogP contribution in [0.1, 0.15) is 19.4 Å². The van der Waals surface area contributed by atoms with Crippen LogP contribution >= 0.6 is 0 Å². The predicted molar refractivity (Wildman–Crippen MR) is 69.5 cm³/mol. The lowest BCUT2D eigenvalue weighted by molar-refractivity contribution is 0.324. The van der Waals surface area contributed by atoms with Crippen LogP contribution in [0.5, 0.6) is 5.88 Å². The largest absolute Gasteiger partial charge is 0.478 e. The Morgan fingerprint density at radius 2 is 2.12 bits per heavy atom. The van der Waals surface area contributed by atoms with Crippen molar-refractivity contribution in [2.45, 2.75) is 20.8 Å². The smallest absolute Gasteiger partial charge is 0.221 e. The van der Waals surface area contributed by atoms with E-state index in [0.29, 0.717) is 18.4 Å². The molecule has 0 amide bonds. The van der Waals surface area contributed by atoms with Crippen molar-refractivity contribution in [3.63, 3.8) is 0 Å². The van der Waals surface area contributed by atoms with E-state index in [-0.39, 0.29) is 0 Å². The lowest BCUT2D eigenvalue weighted by atomic mass is 10.2. The topological polar surface area (TPSA) is 59.1 Å². The molecule has 0 saturated heterocycles. The van der Waals surface area contributed by atoms with Crippen molar-refractivity contribution in [3.05, 3.63) is 11.9 Å². The molecule has 1 rings (SSSR count). The number of rotatable bonds is 7. The van der Waals surface area contributed by atoms with Gasteiger partial charge in [0, 0.05) is 6.54 Å². The van der Waals surface area contributed by atoms with Gasteiger partial charge in [-0.2, -0.15) is 0 Å². The third-order valence-electron chi connectivity index (χ3n) is 2.49. The highest BCUT2D eigenvalue weighted by molar-refractivity contribution is 5.47. The van der Waals surface area contributed by atoms with Gasteiger partial charge < -0.3 is 15.4 Å². The molecule has 0 saturated carbocycles. The summed E-state index contributed by atoms with van der Waals surface area (Å²) < 4.78 is 5.43. The average Bonchev–Trinajstić information content (AvgIpc) is 2.31. The van der Waals surface area contributed by atoms with Crippen LogP contribution in [-0.4, -0.2) is 36.7 Å². The van der Waals surface area contributed by atoms with E-state index >= 15 is 0 Å². The molecule has 17 heavy (non-hydrogen) atoms. The molecule has 0 bridgehead atoms. The Hall–Kier alpha value is -1.36. The van der Waals surface area contributed by atoms with E-state index in [1.807, 2.05) is 20.9 Å². The fraction of sp³-hybridized carbons (Fsp3) is 0.667. The van der Waals surface area contributed by atoms with Crippen molar-refractivity contribution >= 4 is 5.82 Å². The van der Waals surface area contributed by atoms with Gasteiger partial charge in [-0.05, 0) is 33.4 Å². The maximum atomic E-state index is 5.43. The minimum absolute atomic E-state index is 0.546. The van der Waals surface area contributed by atoms with E-state index in [1.54, 1.807) is 0 Å². The maximum Gasteiger partial charge on any atom is 0.221 e. The number of anilines is 1. The van der Waals surface area contributed by atoms with Crippen LogP contribution in [0, 0.1) is 12.8 Å². The van der Waals surface area contributed by atoms with Gasteiger partial charge in [-0.1, -0.05) is 6.92 Å². The Kier molecular flexibility index (Phi) is 5.69. The molecule has 0 aliphatic rings. The fourth-order valence-corrected chi connectivity index (χ4v) is 1.59. The van der Waals surface area contributed by atoms with Gasteiger partial charge in [0.2, 0.25) is 5.88 Å². The zero-order valence-electron chi connectivity index (χ0n) is 11.1. The first kappa shape index (κ1) is 13.7. The molecule has 1 unspecified atom stereocenters. The summed E-state index contributed by atoms with van der Waals surface area (Å²) in [4.78, 5) is 8.34. The molecule has 0 aliphatic carbocycles. The Balaban J connectivity index is 2.61. The third kappa shape index (κ3) is 4.19. The molecule has 2 N–H and O–H groups in total. The van der Waals surface area contributed by atoms with E-state index in [9.17, 15) is 0 Å². The van der Waals surface area contributed by atoms with Gasteiger partial charge in [0.05, 0.1) is 12.2 Å². The number of ether oxygens (including phenoxy) is 1.